The Bertz CT molecular complexity index is 487. The molecule has 2 rings (SSSR count). The molecule has 7 heteroatoms. The third kappa shape index (κ3) is 4.69. The first-order valence-corrected chi connectivity index (χ1v) is 7.32. The number of nitrogens with two attached hydrogens (primary N) is 2. The van der Waals surface area contributed by atoms with Gasteiger partial charge in [0.2, 0.25) is 11.8 Å². The van der Waals surface area contributed by atoms with Crippen molar-refractivity contribution >= 4 is 40.2 Å². The minimum Gasteiger partial charge on any atom is -0.369 e. The molecule has 2 unspecified atom stereocenters. The molecule has 1 saturated heterocycles. The molecule has 1 aliphatic rings. The van der Waals surface area contributed by atoms with Gasteiger partial charge in [-0.1, -0.05) is 28.1 Å². The van der Waals surface area contributed by atoms with Crippen LogP contribution in [0.5, 0.6) is 0 Å². The van der Waals surface area contributed by atoms with Crippen LogP contribution in [0.2, 0.25) is 0 Å². The Morgan fingerprint density at radius 1 is 1.10 bits per heavy atom. The lowest BCUT2D eigenvalue weighted by molar-refractivity contribution is -0.129. The minimum absolute atomic E-state index is 0. The summed E-state index contributed by atoms with van der Waals surface area (Å²) in [5.74, 6) is -1.81. The average molecular weight is 377 g/mol. The van der Waals surface area contributed by atoms with Crippen LogP contribution < -0.4 is 11.5 Å². The summed E-state index contributed by atoms with van der Waals surface area (Å²) in [7, 11) is 0. The molecular formula is C14H19BrClN3O2. The van der Waals surface area contributed by atoms with E-state index >= 15 is 0 Å². The zero-order valence-electron chi connectivity index (χ0n) is 11.5. The fraction of sp³-hybridized carbons (Fsp3) is 0.429. The molecule has 21 heavy (non-hydrogen) atoms. The van der Waals surface area contributed by atoms with Crippen molar-refractivity contribution in [3.05, 3.63) is 34.3 Å². The Labute approximate surface area is 138 Å². The lowest BCUT2D eigenvalue weighted by atomic mass is 9.95. The molecule has 5 nitrogen and oxygen atoms in total. The van der Waals surface area contributed by atoms with E-state index in [0.29, 0.717) is 13.1 Å². The van der Waals surface area contributed by atoms with Gasteiger partial charge in [0.05, 0.1) is 11.8 Å². The Morgan fingerprint density at radius 2 is 1.57 bits per heavy atom. The summed E-state index contributed by atoms with van der Waals surface area (Å²) < 4.78 is 1.05. The highest BCUT2D eigenvalue weighted by Gasteiger charge is 2.39. The van der Waals surface area contributed by atoms with E-state index in [0.717, 1.165) is 17.4 Å². The summed E-state index contributed by atoms with van der Waals surface area (Å²) in [6.45, 7) is 1.81. The first-order valence-electron chi connectivity index (χ1n) is 6.53. The van der Waals surface area contributed by atoms with E-state index in [2.05, 4.69) is 33.0 Å². The van der Waals surface area contributed by atoms with E-state index in [4.69, 9.17) is 11.5 Å². The Balaban J connectivity index is 0.00000220. The molecule has 0 aromatic heterocycles. The molecule has 116 valence electrons. The number of benzene rings is 1. The largest absolute Gasteiger partial charge is 0.369 e. The van der Waals surface area contributed by atoms with Crippen molar-refractivity contribution in [2.24, 2.45) is 23.3 Å². The smallest absolute Gasteiger partial charge is 0.222 e. The highest BCUT2D eigenvalue weighted by molar-refractivity contribution is 9.10. The number of halogens is 2. The van der Waals surface area contributed by atoms with E-state index in [-0.39, 0.29) is 12.4 Å². The molecule has 0 saturated carbocycles. The normalized spacial score (nSPS) is 21.8. The molecule has 0 aliphatic carbocycles. The maximum absolute atomic E-state index is 11.4. The van der Waals surface area contributed by atoms with Crippen molar-refractivity contribution < 1.29 is 9.59 Å². The fourth-order valence-electron chi connectivity index (χ4n) is 2.58. The molecule has 1 heterocycles. The van der Waals surface area contributed by atoms with Crippen molar-refractivity contribution in [1.82, 2.24) is 4.90 Å². The number of carbonyl (C=O) groups is 2. The summed E-state index contributed by atoms with van der Waals surface area (Å²) in [6.07, 6.45) is 0.865. The van der Waals surface area contributed by atoms with E-state index in [1.807, 2.05) is 12.1 Å². The minimum atomic E-state index is -0.461. The number of hydrogen-bond donors (Lipinski definition) is 2. The quantitative estimate of drug-likeness (QED) is 0.801. The number of likely N-dealkylation sites (tertiary alicyclic amines) is 1. The van der Waals surface area contributed by atoms with Gasteiger partial charge >= 0.3 is 0 Å². The zero-order valence-corrected chi connectivity index (χ0v) is 13.9. The van der Waals surface area contributed by atoms with Gasteiger partial charge in [0.15, 0.2) is 0 Å². The van der Waals surface area contributed by atoms with Crippen molar-refractivity contribution in [3.63, 3.8) is 0 Å². The van der Waals surface area contributed by atoms with Crippen LogP contribution in [-0.4, -0.2) is 36.3 Å². The summed E-state index contributed by atoms with van der Waals surface area (Å²) in [5.41, 5.74) is 11.9. The summed E-state index contributed by atoms with van der Waals surface area (Å²) >= 11 is 3.40. The lowest BCUT2D eigenvalue weighted by Crippen LogP contribution is -2.36. The highest BCUT2D eigenvalue weighted by atomic mass is 79.9. The molecule has 2 atom stereocenters. The molecule has 0 spiro atoms. The third-order valence-electron chi connectivity index (χ3n) is 3.76. The van der Waals surface area contributed by atoms with E-state index in [1.54, 1.807) is 0 Å². The van der Waals surface area contributed by atoms with Crippen LogP contribution in [0.1, 0.15) is 5.56 Å². The first-order chi connectivity index (χ1) is 9.47. The van der Waals surface area contributed by atoms with Gasteiger partial charge in [-0.05, 0) is 24.1 Å². The summed E-state index contributed by atoms with van der Waals surface area (Å²) in [4.78, 5) is 24.8. The molecule has 4 N–H and O–H groups in total. The van der Waals surface area contributed by atoms with Crippen LogP contribution in [0.4, 0.5) is 0 Å². The summed E-state index contributed by atoms with van der Waals surface area (Å²) in [5, 5.41) is 0. The lowest BCUT2D eigenvalue weighted by Gasteiger charge is -2.15. The van der Waals surface area contributed by atoms with Gasteiger partial charge in [-0.15, -0.1) is 12.4 Å². The molecular weight excluding hydrogens is 358 g/mol. The van der Waals surface area contributed by atoms with E-state index in [1.165, 1.54) is 5.56 Å². The van der Waals surface area contributed by atoms with E-state index in [9.17, 15) is 9.59 Å². The molecule has 0 radical (unpaired) electrons. The third-order valence-corrected chi connectivity index (χ3v) is 4.29. The van der Waals surface area contributed by atoms with Gasteiger partial charge < -0.3 is 16.4 Å². The van der Waals surface area contributed by atoms with Gasteiger partial charge in [-0.3, -0.25) is 9.59 Å². The van der Waals surface area contributed by atoms with Crippen LogP contribution in [0.15, 0.2) is 28.7 Å². The fourth-order valence-corrected chi connectivity index (χ4v) is 2.85. The van der Waals surface area contributed by atoms with Gasteiger partial charge in [-0.2, -0.15) is 0 Å². The molecule has 1 aromatic rings. The molecule has 1 aromatic carbocycles. The van der Waals surface area contributed by atoms with Gasteiger partial charge in [0.25, 0.3) is 0 Å². The topological polar surface area (TPSA) is 89.4 Å². The van der Waals surface area contributed by atoms with Crippen molar-refractivity contribution in [2.75, 3.05) is 19.6 Å². The average Bonchev–Trinajstić information content (AvgIpc) is 2.83. The number of carbonyl (C=O) groups excluding carboxylic acids is 2. The second kappa shape index (κ2) is 7.77. The predicted molar refractivity (Wildman–Crippen MR) is 86.9 cm³/mol. The van der Waals surface area contributed by atoms with Gasteiger partial charge in [0, 0.05) is 24.1 Å². The van der Waals surface area contributed by atoms with Crippen molar-refractivity contribution in [1.29, 1.82) is 0 Å². The van der Waals surface area contributed by atoms with Crippen LogP contribution in [0, 0.1) is 11.8 Å². The van der Waals surface area contributed by atoms with Gasteiger partial charge in [0.1, 0.15) is 0 Å². The maximum atomic E-state index is 11.4. The number of hydrogen-bond acceptors (Lipinski definition) is 3. The molecule has 1 fully saturated rings. The first kappa shape index (κ1) is 17.9. The molecule has 2 amide bonds. The maximum Gasteiger partial charge on any atom is 0.222 e. The Kier molecular flexibility index (Phi) is 6.64. The predicted octanol–water partition coefficient (Wildman–Crippen LogP) is 0.932. The number of nitrogens with zero attached hydrogens (tertiary/aromatic N) is 1. The number of rotatable bonds is 5. The number of primary amides is 2. The monoisotopic (exact) mass is 375 g/mol. The Hall–Kier alpha value is -1.11. The highest BCUT2D eigenvalue weighted by Crippen LogP contribution is 2.23. The summed E-state index contributed by atoms with van der Waals surface area (Å²) in [6, 6.07) is 8.10. The second-order valence-electron chi connectivity index (χ2n) is 5.15. The zero-order chi connectivity index (χ0) is 14.7. The van der Waals surface area contributed by atoms with Crippen LogP contribution in [0.3, 0.4) is 0 Å². The van der Waals surface area contributed by atoms with Crippen molar-refractivity contribution in [3.8, 4) is 0 Å². The molecule has 0 bridgehead atoms. The molecule has 1 aliphatic heterocycles. The van der Waals surface area contributed by atoms with Crippen LogP contribution in [0.25, 0.3) is 0 Å². The van der Waals surface area contributed by atoms with Crippen LogP contribution >= 0.6 is 28.3 Å². The van der Waals surface area contributed by atoms with Crippen molar-refractivity contribution in [2.45, 2.75) is 6.42 Å². The standard InChI is InChI=1S/C14H18BrN3O2.ClH/c15-10-3-1-9(2-4-10)5-6-18-7-11(13(16)19)12(8-18)14(17)20;/h1-4,11-12H,5-8H2,(H2,16,19)(H2,17,20);1H. The SMILES string of the molecule is Cl.NC(=O)C1CN(CCc2ccc(Br)cc2)CC1C(N)=O. The van der Waals surface area contributed by atoms with E-state index < -0.39 is 23.7 Å². The second-order valence-corrected chi connectivity index (χ2v) is 6.07. The van der Waals surface area contributed by atoms with Crippen LogP contribution in [-0.2, 0) is 16.0 Å². The van der Waals surface area contributed by atoms with Gasteiger partial charge in [-0.25, -0.2) is 0 Å². The number of amides is 2. The Morgan fingerprint density at radius 3 is 2.00 bits per heavy atom.